The van der Waals surface area contributed by atoms with Gasteiger partial charge in [0.2, 0.25) is 0 Å². The summed E-state index contributed by atoms with van der Waals surface area (Å²) in [5.74, 6) is 0.819. The third-order valence-electron chi connectivity index (χ3n) is 4.78. The van der Waals surface area contributed by atoms with E-state index in [1.807, 2.05) is 0 Å². The van der Waals surface area contributed by atoms with Gasteiger partial charge < -0.3 is 20.1 Å². The zero-order valence-electron chi connectivity index (χ0n) is 15.8. The second-order valence-electron chi connectivity index (χ2n) is 6.63. The fourth-order valence-electron chi connectivity index (χ4n) is 3.44. The van der Waals surface area contributed by atoms with Gasteiger partial charge in [0, 0.05) is 45.4 Å². The van der Waals surface area contributed by atoms with Gasteiger partial charge in [0.25, 0.3) is 0 Å². The average molecular weight is 461 g/mol. The van der Waals surface area contributed by atoms with E-state index < -0.39 is 0 Å². The van der Waals surface area contributed by atoms with E-state index >= 15 is 0 Å². The van der Waals surface area contributed by atoms with Crippen LogP contribution >= 0.6 is 24.0 Å². The molecule has 1 aliphatic rings. The molecule has 25 heavy (non-hydrogen) atoms. The van der Waals surface area contributed by atoms with Crippen molar-refractivity contribution >= 4 is 29.9 Å². The molecule has 1 aliphatic heterocycles. The largest absolute Gasteiger partial charge is 0.383 e. The number of methoxy groups -OCH3 is 1. The molecule has 142 valence electrons. The van der Waals surface area contributed by atoms with E-state index in [1.54, 1.807) is 14.2 Å². The normalized spacial score (nSPS) is 18.2. The first-order valence-electron chi connectivity index (χ1n) is 8.71. The molecule has 1 unspecified atom stereocenters. The van der Waals surface area contributed by atoms with Crippen molar-refractivity contribution in [2.75, 3.05) is 40.5 Å². The van der Waals surface area contributed by atoms with E-state index in [1.165, 1.54) is 11.1 Å². The smallest absolute Gasteiger partial charge is 0.191 e. The number of guanidine groups is 1. The van der Waals surface area contributed by atoms with Gasteiger partial charge in [0.15, 0.2) is 5.96 Å². The molecular weight excluding hydrogens is 429 g/mol. The summed E-state index contributed by atoms with van der Waals surface area (Å²) in [6.45, 7) is 7.39. The molecule has 0 saturated carbocycles. The summed E-state index contributed by atoms with van der Waals surface area (Å²) in [6.07, 6.45) is 2.05. The zero-order chi connectivity index (χ0) is 17.4. The van der Waals surface area contributed by atoms with Crippen molar-refractivity contribution in [3.8, 4) is 0 Å². The van der Waals surface area contributed by atoms with Crippen LogP contribution in [0.3, 0.4) is 0 Å². The molecule has 1 aromatic rings. The highest BCUT2D eigenvalue weighted by atomic mass is 127. The van der Waals surface area contributed by atoms with E-state index in [0.717, 1.165) is 38.6 Å². The number of benzene rings is 1. The standard InChI is InChI=1S/C19H31N3O2.HI/c1-15-7-5-6-8-17(15)19(9-11-24-12-10-19)14-21-18(20-3)22-16(2)13-23-4;/h5-8,16H,9-14H2,1-4H3,(H2,20,21,22);1H. The molecule has 0 bridgehead atoms. The molecule has 2 rings (SSSR count). The van der Waals surface area contributed by atoms with Crippen LogP contribution in [0.5, 0.6) is 0 Å². The quantitative estimate of drug-likeness (QED) is 0.389. The fraction of sp³-hybridized carbons (Fsp3) is 0.632. The summed E-state index contributed by atoms with van der Waals surface area (Å²) in [7, 11) is 3.52. The summed E-state index contributed by atoms with van der Waals surface area (Å²) in [5, 5.41) is 6.90. The number of halogens is 1. The molecule has 5 nitrogen and oxygen atoms in total. The van der Waals surface area contributed by atoms with Crippen molar-refractivity contribution in [2.24, 2.45) is 4.99 Å². The van der Waals surface area contributed by atoms with Crippen LogP contribution in [0.4, 0.5) is 0 Å². The molecule has 1 aromatic carbocycles. The lowest BCUT2D eigenvalue weighted by atomic mass is 9.72. The first-order chi connectivity index (χ1) is 11.6. The van der Waals surface area contributed by atoms with Crippen molar-refractivity contribution in [1.29, 1.82) is 0 Å². The van der Waals surface area contributed by atoms with Crippen LogP contribution in [0.15, 0.2) is 29.3 Å². The summed E-state index contributed by atoms with van der Waals surface area (Å²) in [5.41, 5.74) is 2.85. The lowest BCUT2D eigenvalue weighted by molar-refractivity contribution is 0.0511. The highest BCUT2D eigenvalue weighted by Crippen LogP contribution is 2.36. The maximum Gasteiger partial charge on any atom is 0.191 e. The Morgan fingerprint density at radius 1 is 1.32 bits per heavy atom. The van der Waals surface area contributed by atoms with Gasteiger partial charge in [-0.25, -0.2) is 0 Å². The monoisotopic (exact) mass is 461 g/mol. The van der Waals surface area contributed by atoms with Gasteiger partial charge in [-0.3, -0.25) is 4.99 Å². The summed E-state index contributed by atoms with van der Waals surface area (Å²) in [4.78, 5) is 4.35. The van der Waals surface area contributed by atoms with Crippen LogP contribution in [-0.4, -0.2) is 52.5 Å². The molecule has 0 aliphatic carbocycles. The Kier molecular flexibility index (Phi) is 9.74. The van der Waals surface area contributed by atoms with Crippen LogP contribution in [0.1, 0.15) is 30.9 Å². The van der Waals surface area contributed by atoms with E-state index in [9.17, 15) is 0 Å². The van der Waals surface area contributed by atoms with E-state index in [4.69, 9.17) is 9.47 Å². The van der Waals surface area contributed by atoms with Gasteiger partial charge in [0.1, 0.15) is 0 Å². The summed E-state index contributed by atoms with van der Waals surface area (Å²) >= 11 is 0. The van der Waals surface area contributed by atoms with Gasteiger partial charge in [-0.2, -0.15) is 0 Å². The molecular formula is C19H32IN3O2. The molecule has 0 radical (unpaired) electrons. The molecule has 0 spiro atoms. The second-order valence-corrected chi connectivity index (χ2v) is 6.63. The Balaban J connectivity index is 0.00000312. The van der Waals surface area contributed by atoms with Crippen LogP contribution < -0.4 is 10.6 Å². The van der Waals surface area contributed by atoms with Crippen molar-refractivity contribution < 1.29 is 9.47 Å². The van der Waals surface area contributed by atoms with Crippen molar-refractivity contribution in [1.82, 2.24) is 10.6 Å². The van der Waals surface area contributed by atoms with Crippen molar-refractivity contribution in [3.05, 3.63) is 35.4 Å². The van der Waals surface area contributed by atoms with E-state index in [0.29, 0.717) is 6.61 Å². The maximum atomic E-state index is 5.63. The Labute approximate surface area is 169 Å². The van der Waals surface area contributed by atoms with Gasteiger partial charge in [-0.05, 0) is 37.8 Å². The lowest BCUT2D eigenvalue weighted by Gasteiger charge is -2.39. The lowest BCUT2D eigenvalue weighted by Crippen LogP contribution is -2.50. The molecule has 1 heterocycles. The van der Waals surface area contributed by atoms with Gasteiger partial charge in [-0.15, -0.1) is 24.0 Å². The molecule has 1 saturated heterocycles. The molecule has 0 amide bonds. The number of hydrogen-bond donors (Lipinski definition) is 2. The third kappa shape index (κ3) is 6.11. The number of rotatable bonds is 6. The van der Waals surface area contributed by atoms with E-state index in [-0.39, 0.29) is 35.4 Å². The Morgan fingerprint density at radius 2 is 2.00 bits per heavy atom. The molecule has 0 aromatic heterocycles. The average Bonchev–Trinajstić information content (AvgIpc) is 2.60. The number of aliphatic imine (C=N–C) groups is 1. The Hall–Kier alpha value is -0.860. The van der Waals surface area contributed by atoms with Gasteiger partial charge in [-0.1, -0.05) is 24.3 Å². The third-order valence-corrected chi connectivity index (χ3v) is 4.78. The Morgan fingerprint density at radius 3 is 2.60 bits per heavy atom. The number of aryl methyl sites for hydroxylation is 1. The highest BCUT2D eigenvalue weighted by molar-refractivity contribution is 14.0. The number of ether oxygens (including phenoxy) is 2. The van der Waals surface area contributed by atoms with Crippen LogP contribution in [0.2, 0.25) is 0 Å². The van der Waals surface area contributed by atoms with Gasteiger partial charge in [0.05, 0.1) is 6.61 Å². The molecule has 1 fully saturated rings. The van der Waals surface area contributed by atoms with Gasteiger partial charge >= 0.3 is 0 Å². The predicted molar refractivity (Wildman–Crippen MR) is 114 cm³/mol. The number of nitrogens with one attached hydrogen (secondary N) is 2. The minimum absolute atomic E-state index is 0. The van der Waals surface area contributed by atoms with Crippen LogP contribution in [0.25, 0.3) is 0 Å². The van der Waals surface area contributed by atoms with Crippen molar-refractivity contribution in [2.45, 2.75) is 38.1 Å². The van der Waals surface area contributed by atoms with Crippen LogP contribution in [-0.2, 0) is 14.9 Å². The summed E-state index contributed by atoms with van der Waals surface area (Å²) in [6, 6.07) is 8.90. The first-order valence-corrected chi connectivity index (χ1v) is 8.71. The van der Waals surface area contributed by atoms with E-state index in [2.05, 4.69) is 53.7 Å². The topological polar surface area (TPSA) is 54.9 Å². The maximum absolute atomic E-state index is 5.63. The molecule has 1 atom stereocenters. The second kappa shape index (κ2) is 11.0. The Bertz CT molecular complexity index is 545. The highest BCUT2D eigenvalue weighted by Gasteiger charge is 2.35. The number of hydrogen-bond acceptors (Lipinski definition) is 3. The summed E-state index contributed by atoms with van der Waals surface area (Å²) < 4.78 is 10.8. The predicted octanol–water partition coefficient (Wildman–Crippen LogP) is 2.86. The fourth-order valence-corrected chi connectivity index (χ4v) is 3.44. The molecule has 2 N–H and O–H groups in total. The number of nitrogens with zero attached hydrogens (tertiary/aromatic N) is 1. The SMILES string of the molecule is CN=C(NCC1(c2ccccc2C)CCOCC1)NC(C)COC.I. The molecule has 6 heteroatoms. The minimum Gasteiger partial charge on any atom is -0.383 e. The first kappa shape index (κ1) is 22.2. The zero-order valence-corrected chi connectivity index (χ0v) is 18.1. The van der Waals surface area contributed by atoms with Crippen LogP contribution in [0, 0.1) is 6.92 Å². The minimum atomic E-state index is 0. The van der Waals surface area contributed by atoms with Crippen molar-refractivity contribution in [3.63, 3.8) is 0 Å².